The van der Waals surface area contributed by atoms with E-state index in [0.29, 0.717) is 18.7 Å². The molecule has 0 saturated carbocycles. The number of amides is 3. The van der Waals surface area contributed by atoms with Crippen molar-refractivity contribution in [3.8, 4) is 0 Å². The second-order valence-electron chi connectivity index (χ2n) is 4.72. The van der Waals surface area contributed by atoms with Crippen molar-refractivity contribution in [1.29, 1.82) is 0 Å². The number of halogens is 2. The van der Waals surface area contributed by atoms with Crippen molar-refractivity contribution in [2.24, 2.45) is 5.73 Å². The van der Waals surface area contributed by atoms with E-state index in [9.17, 15) is 14.0 Å². The van der Waals surface area contributed by atoms with Gasteiger partial charge in [-0.05, 0) is 24.6 Å². The minimum Gasteiger partial charge on any atom is -0.383 e. The van der Waals surface area contributed by atoms with E-state index in [-0.39, 0.29) is 17.5 Å². The molecule has 1 atom stereocenters. The molecule has 0 heterocycles. The molecule has 0 bridgehead atoms. The lowest BCUT2D eigenvalue weighted by Gasteiger charge is -2.26. The van der Waals surface area contributed by atoms with Crippen molar-refractivity contribution >= 4 is 23.5 Å². The zero-order valence-electron chi connectivity index (χ0n) is 12.4. The van der Waals surface area contributed by atoms with Crippen LogP contribution in [0.5, 0.6) is 0 Å². The van der Waals surface area contributed by atoms with Gasteiger partial charge in [0.1, 0.15) is 11.9 Å². The average Bonchev–Trinajstić information content (AvgIpc) is 2.44. The van der Waals surface area contributed by atoms with E-state index in [1.165, 1.54) is 37.1 Å². The van der Waals surface area contributed by atoms with E-state index >= 15 is 0 Å². The van der Waals surface area contributed by atoms with Gasteiger partial charge in [-0.15, -0.1) is 0 Å². The Morgan fingerprint density at radius 2 is 2.18 bits per heavy atom. The summed E-state index contributed by atoms with van der Waals surface area (Å²) in [5.41, 5.74) is 5.61. The highest BCUT2D eigenvalue weighted by Crippen LogP contribution is 2.19. The lowest BCUT2D eigenvalue weighted by Crippen LogP contribution is -2.49. The van der Waals surface area contributed by atoms with Gasteiger partial charge in [0, 0.05) is 25.2 Å². The smallest absolute Gasteiger partial charge is 0.312 e. The summed E-state index contributed by atoms with van der Waals surface area (Å²) in [6.07, 6.45) is 0. The van der Waals surface area contributed by atoms with Crippen molar-refractivity contribution in [2.45, 2.75) is 19.5 Å². The highest BCUT2D eigenvalue weighted by atomic mass is 35.5. The minimum atomic E-state index is -0.785. The molecule has 122 valence electrons. The number of carbonyl (C=O) groups is 2. The molecule has 0 aliphatic carbocycles. The largest absolute Gasteiger partial charge is 0.383 e. The van der Waals surface area contributed by atoms with Crippen LogP contribution in [0.3, 0.4) is 0 Å². The van der Waals surface area contributed by atoms with Crippen molar-refractivity contribution in [1.82, 2.24) is 10.2 Å². The molecule has 22 heavy (non-hydrogen) atoms. The van der Waals surface area contributed by atoms with Gasteiger partial charge in [-0.25, -0.2) is 9.18 Å². The molecule has 0 aliphatic rings. The Bertz CT molecular complexity index is 542. The second kappa shape index (κ2) is 8.55. The van der Waals surface area contributed by atoms with Crippen LogP contribution in [-0.4, -0.2) is 43.1 Å². The lowest BCUT2D eigenvalue weighted by molar-refractivity contribution is -0.134. The van der Waals surface area contributed by atoms with Gasteiger partial charge in [0.15, 0.2) is 0 Å². The number of nitrogens with two attached hydrogens (primary N) is 1. The summed E-state index contributed by atoms with van der Waals surface area (Å²) in [6.45, 7) is 2.31. The van der Waals surface area contributed by atoms with Crippen LogP contribution in [0.15, 0.2) is 18.2 Å². The monoisotopic (exact) mass is 331 g/mol. The average molecular weight is 332 g/mol. The van der Waals surface area contributed by atoms with Gasteiger partial charge in [0.2, 0.25) is 5.91 Å². The number of primary amides is 1. The molecule has 8 heteroatoms. The molecule has 0 aliphatic heterocycles. The fourth-order valence-electron chi connectivity index (χ4n) is 1.87. The van der Waals surface area contributed by atoms with E-state index in [1.807, 2.05) is 0 Å². The number of rotatable bonds is 7. The maximum atomic E-state index is 13.1. The first-order chi connectivity index (χ1) is 10.3. The molecule has 3 amide bonds. The van der Waals surface area contributed by atoms with Crippen LogP contribution >= 0.6 is 11.6 Å². The Morgan fingerprint density at radius 1 is 1.50 bits per heavy atom. The topological polar surface area (TPSA) is 84.7 Å². The van der Waals surface area contributed by atoms with Crippen molar-refractivity contribution in [3.63, 3.8) is 0 Å². The quantitative estimate of drug-likeness (QED) is 0.794. The van der Waals surface area contributed by atoms with Crippen LogP contribution in [0, 0.1) is 5.82 Å². The third-order valence-corrected chi connectivity index (χ3v) is 3.33. The Hall–Kier alpha value is -1.86. The van der Waals surface area contributed by atoms with Crippen LogP contribution in [0.4, 0.5) is 9.18 Å². The predicted octanol–water partition coefficient (Wildman–Crippen LogP) is 1.51. The summed E-state index contributed by atoms with van der Waals surface area (Å²) in [6, 6.07) is 2.39. The predicted molar refractivity (Wildman–Crippen MR) is 80.9 cm³/mol. The van der Waals surface area contributed by atoms with Gasteiger partial charge >= 0.3 is 6.03 Å². The molecular formula is C14H19ClFN3O3. The summed E-state index contributed by atoms with van der Waals surface area (Å²) in [5, 5.41) is 2.55. The number of urea groups is 1. The van der Waals surface area contributed by atoms with Gasteiger partial charge in [0.05, 0.1) is 6.61 Å². The maximum Gasteiger partial charge on any atom is 0.312 e. The molecule has 0 aromatic heterocycles. The van der Waals surface area contributed by atoms with Gasteiger partial charge in [-0.3, -0.25) is 4.79 Å². The number of methoxy groups -OCH3 is 1. The molecule has 0 saturated heterocycles. The fourth-order valence-corrected chi connectivity index (χ4v) is 2.10. The van der Waals surface area contributed by atoms with E-state index in [0.717, 1.165) is 0 Å². The Morgan fingerprint density at radius 3 is 2.73 bits per heavy atom. The number of carbonyl (C=O) groups excluding carboxylic acids is 2. The van der Waals surface area contributed by atoms with Crippen molar-refractivity contribution in [2.75, 3.05) is 20.3 Å². The number of benzene rings is 1. The number of nitrogens with zero attached hydrogens (tertiary/aromatic N) is 1. The SMILES string of the molecule is COCCN(Cc1ccc(F)cc1Cl)C(=O)[C@@H](C)NC(N)=O. The second-order valence-corrected chi connectivity index (χ2v) is 5.13. The first-order valence-corrected chi connectivity index (χ1v) is 7.00. The molecule has 6 nitrogen and oxygen atoms in total. The van der Waals surface area contributed by atoms with Gasteiger partial charge in [-0.1, -0.05) is 17.7 Å². The number of hydrogen-bond acceptors (Lipinski definition) is 3. The summed E-state index contributed by atoms with van der Waals surface area (Å²) in [7, 11) is 1.51. The molecule has 1 aromatic carbocycles. The molecule has 0 fully saturated rings. The summed E-state index contributed by atoms with van der Waals surface area (Å²) in [5.74, 6) is -0.788. The third-order valence-electron chi connectivity index (χ3n) is 2.98. The van der Waals surface area contributed by atoms with E-state index in [2.05, 4.69) is 5.32 Å². The summed E-state index contributed by atoms with van der Waals surface area (Å²) in [4.78, 5) is 24.7. The van der Waals surface area contributed by atoms with Crippen LogP contribution < -0.4 is 11.1 Å². The molecule has 1 rings (SSSR count). The zero-order valence-corrected chi connectivity index (χ0v) is 13.2. The zero-order chi connectivity index (χ0) is 16.7. The fraction of sp³-hybridized carbons (Fsp3) is 0.429. The first kappa shape index (κ1) is 18.2. The van der Waals surface area contributed by atoms with Crippen molar-refractivity contribution in [3.05, 3.63) is 34.6 Å². The number of nitrogens with one attached hydrogen (secondary N) is 1. The molecule has 0 unspecified atom stereocenters. The molecule has 0 spiro atoms. The van der Waals surface area contributed by atoms with Crippen LogP contribution in [0.1, 0.15) is 12.5 Å². The Kier molecular flexibility index (Phi) is 7.07. The third kappa shape index (κ3) is 5.50. The first-order valence-electron chi connectivity index (χ1n) is 6.62. The number of ether oxygens (including phenoxy) is 1. The summed E-state index contributed by atoms with van der Waals surface area (Å²) >= 11 is 5.98. The van der Waals surface area contributed by atoms with Crippen LogP contribution in [0.25, 0.3) is 0 Å². The van der Waals surface area contributed by atoms with E-state index < -0.39 is 17.9 Å². The van der Waals surface area contributed by atoms with E-state index in [1.54, 1.807) is 0 Å². The Balaban J connectivity index is 2.87. The normalized spacial score (nSPS) is 11.8. The highest BCUT2D eigenvalue weighted by Gasteiger charge is 2.22. The van der Waals surface area contributed by atoms with Crippen LogP contribution in [-0.2, 0) is 16.1 Å². The van der Waals surface area contributed by atoms with Gasteiger partial charge in [0.25, 0.3) is 0 Å². The minimum absolute atomic E-state index is 0.173. The maximum absolute atomic E-state index is 13.1. The van der Waals surface area contributed by atoms with Crippen molar-refractivity contribution < 1.29 is 18.7 Å². The molecular weight excluding hydrogens is 313 g/mol. The standard InChI is InChI=1S/C14H19ClFN3O3/c1-9(18-14(17)21)13(20)19(5-6-22-2)8-10-3-4-11(16)7-12(10)15/h3-4,7,9H,5-6,8H2,1-2H3,(H3,17,18,21)/t9-/m1/s1. The van der Waals surface area contributed by atoms with E-state index in [4.69, 9.17) is 22.1 Å². The molecule has 0 radical (unpaired) electrons. The van der Waals surface area contributed by atoms with Crippen LogP contribution in [0.2, 0.25) is 5.02 Å². The Labute approximate surface area is 133 Å². The summed E-state index contributed by atoms with van der Waals surface area (Å²) < 4.78 is 18.0. The van der Waals surface area contributed by atoms with Gasteiger partial charge in [-0.2, -0.15) is 0 Å². The number of hydrogen-bond donors (Lipinski definition) is 2. The lowest BCUT2D eigenvalue weighted by atomic mass is 10.2. The molecule has 3 N–H and O–H groups in total. The molecule has 1 aromatic rings. The van der Waals surface area contributed by atoms with Gasteiger partial charge < -0.3 is 20.7 Å². The highest BCUT2D eigenvalue weighted by molar-refractivity contribution is 6.31.